The summed E-state index contributed by atoms with van der Waals surface area (Å²) in [6, 6.07) is 13.0. The smallest absolute Gasteiger partial charge is 0.174 e. The molecule has 2 aromatic carbocycles. The number of hydrogen-bond acceptors (Lipinski definition) is 3. The molecular weight excluding hydrogens is 259 g/mol. The van der Waals surface area contributed by atoms with E-state index in [1.165, 1.54) is 6.07 Å². The van der Waals surface area contributed by atoms with Gasteiger partial charge in [0.05, 0.1) is 6.61 Å². The highest BCUT2D eigenvalue weighted by atomic mass is 19.1. The van der Waals surface area contributed by atoms with Crippen molar-refractivity contribution in [1.82, 2.24) is 0 Å². The first-order chi connectivity index (χ1) is 9.69. The molecule has 0 aliphatic heterocycles. The van der Waals surface area contributed by atoms with Gasteiger partial charge < -0.3 is 9.84 Å². The standard InChI is InChI=1S/C16H15FO3/c17-16-7-2-1-5-13(16)9-14(19)11-20-15-6-3-4-12(8-15)10-18/h1-8,18H,9-11H2. The van der Waals surface area contributed by atoms with Gasteiger partial charge in [-0.25, -0.2) is 4.39 Å². The molecule has 0 atom stereocenters. The molecular formula is C16H15FO3. The Morgan fingerprint density at radius 2 is 1.95 bits per heavy atom. The highest BCUT2D eigenvalue weighted by Crippen LogP contribution is 2.14. The maximum atomic E-state index is 13.4. The zero-order chi connectivity index (χ0) is 14.4. The van der Waals surface area contributed by atoms with Gasteiger partial charge in [0.25, 0.3) is 0 Å². The van der Waals surface area contributed by atoms with Gasteiger partial charge in [0.1, 0.15) is 18.2 Å². The maximum absolute atomic E-state index is 13.4. The van der Waals surface area contributed by atoms with Crippen LogP contribution in [0.15, 0.2) is 48.5 Å². The van der Waals surface area contributed by atoms with Crippen LogP contribution in [0.2, 0.25) is 0 Å². The molecule has 0 saturated carbocycles. The van der Waals surface area contributed by atoms with Crippen molar-refractivity contribution in [2.24, 2.45) is 0 Å². The summed E-state index contributed by atoms with van der Waals surface area (Å²) in [5.41, 5.74) is 1.08. The Balaban J connectivity index is 1.90. The molecule has 20 heavy (non-hydrogen) atoms. The lowest BCUT2D eigenvalue weighted by Gasteiger charge is -2.07. The third-order valence-electron chi connectivity index (χ3n) is 2.83. The Morgan fingerprint density at radius 1 is 1.15 bits per heavy atom. The van der Waals surface area contributed by atoms with Crippen molar-refractivity contribution in [3.8, 4) is 5.75 Å². The van der Waals surface area contributed by atoms with Crippen molar-refractivity contribution in [3.05, 3.63) is 65.5 Å². The Kier molecular flexibility index (Phi) is 4.85. The highest BCUT2D eigenvalue weighted by Gasteiger charge is 2.08. The first-order valence-electron chi connectivity index (χ1n) is 6.27. The fraction of sp³-hybridized carbons (Fsp3) is 0.188. The molecule has 1 N–H and O–H groups in total. The number of benzene rings is 2. The number of ketones is 1. The Bertz CT molecular complexity index is 596. The van der Waals surface area contributed by atoms with Crippen LogP contribution in [0.4, 0.5) is 4.39 Å². The van der Waals surface area contributed by atoms with E-state index >= 15 is 0 Å². The number of hydrogen-bond donors (Lipinski definition) is 1. The average molecular weight is 274 g/mol. The summed E-state index contributed by atoms with van der Waals surface area (Å²) in [6.45, 7) is -0.205. The van der Waals surface area contributed by atoms with Crippen molar-refractivity contribution in [3.63, 3.8) is 0 Å². The third-order valence-corrected chi connectivity index (χ3v) is 2.83. The number of ether oxygens (including phenoxy) is 1. The van der Waals surface area contributed by atoms with E-state index in [1.807, 2.05) is 0 Å². The first kappa shape index (κ1) is 14.2. The number of carbonyl (C=O) groups excluding carboxylic acids is 1. The molecule has 3 nitrogen and oxygen atoms in total. The molecule has 0 aliphatic carbocycles. The number of Topliss-reactive ketones (excluding diaryl/α,β-unsaturated/α-hetero) is 1. The van der Waals surface area contributed by atoms with E-state index in [0.29, 0.717) is 16.9 Å². The molecule has 0 unspecified atom stereocenters. The summed E-state index contributed by atoms with van der Waals surface area (Å²) in [7, 11) is 0. The minimum atomic E-state index is -0.386. The second-order valence-electron chi connectivity index (χ2n) is 4.40. The minimum Gasteiger partial charge on any atom is -0.486 e. The van der Waals surface area contributed by atoms with Crippen molar-refractivity contribution in [2.75, 3.05) is 6.61 Å². The van der Waals surface area contributed by atoms with Crippen LogP contribution in [-0.2, 0) is 17.8 Å². The van der Waals surface area contributed by atoms with E-state index in [-0.39, 0.29) is 31.2 Å². The lowest BCUT2D eigenvalue weighted by Crippen LogP contribution is -2.14. The van der Waals surface area contributed by atoms with Crippen molar-refractivity contribution in [2.45, 2.75) is 13.0 Å². The van der Waals surface area contributed by atoms with Gasteiger partial charge in [-0.15, -0.1) is 0 Å². The second kappa shape index (κ2) is 6.82. The molecule has 0 heterocycles. The van der Waals surface area contributed by atoms with Crippen molar-refractivity contribution < 1.29 is 19.0 Å². The predicted molar refractivity (Wildman–Crippen MR) is 73.0 cm³/mol. The van der Waals surface area contributed by atoms with Crippen LogP contribution < -0.4 is 4.74 Å². The van der Waals surface area contributed by atoms with Crippen molar-refractivity contribution >= 4 is 5.78 Å². The molecule has 0 spiro atoms. The molecule has 4 heteroatoms. The molecule has 104 valence electrons. The van der Waals surface area contributed by atoms with Crippen LogP contribution in [-0.4, -0.2) is 17.5 Å². The largest absolute Gasteiger partial charge is 0.486 e. The fourth-order valence-electron chi connectivity index (χ4n) is 1.80. The molecule has 0 amide bonds. The zero-order valence-electron chi connectivity index (χ0n) is 10.9. The SMILES string of the molecule is O=C(COc1cccc(CO)c1)Cc1ccccc1F. The molecule has 0 fully saturated rings. The summed E-state index contributed by atoms with van der Waals surface area (Å²) >= 11 is 0. The highest BCUT2D eigenvalue weighted by molar-refractivity contribution is 5.82. The van der Waals surface area contributed by atoms with Crippen LogP contribution >= 0.6 is 0 Å². The van der Waals surface area contributed by atoms with Gasteiger partial charge in [-0.05, 0) is 29.3 Å². The number of carbonyl (C=O) groups is 1. The Labute approximate surface area is 116 Å². The van der Waals surface area contributed by atoms with Crippen LogP contribution in [0, 0.1) is 5.82 Å². The van der Waals surface area contributed by atoms with E-state index in [0.717, 1.165) is 0 Å². The quantitative estimate of drug-likeness (QED) is 0.880. The number of aliphatic hydroxyl groups is 1. The van der Waals surface area contributed by atoms with E-state index in [4.69, 9.17) is 9.84 Å². The van der Waals surface area contributed by atoms with Gasteiger partial charge in [-0.2, -0.15) is 0 Å². The van der Waals surface area contributed by atoms with Gasteiger partial charge >= 0.3 is 0 Å². The predicted octanol–water partition coefficient (Wildman–Crippen LogP) is 2.51. The summed E-state index contributed by atoms with van der Waals surface area (Å²) in [6.07, 6.45) is 0.00631. The van der Waals surface area contributed by atoms with E-state index in [1.54, 1.807) is 42.5 Å². The summed E-state index contributed by atoms with van der Waals surface area (Å²) < 4.78 is 18.7. The van der Waals surface area contributed by atoms with Gasteiger partial charge in [0.2, 0.25) is 0 Å². The average Bonchev–Trinajstić information content (AvgIpc) is 2.48. The number of rotatable bonds is 6. The monoisotopic (exact) mass is 274 g/mol. The van der Waals surface area contributed by atoms with E-state index in [9.17, 15) is 9.18 Å². The fourth-order valence-corrected chi connectivity index (χ4v) is 1.80. The van der Waals surface area contributed by atoms with Gasteiger partial charge in [-0.1, -0.05) is 30.3 Å². The maximum Gasteiger partial charge on any atom is 0.174 e. The summed E-state index contributed by atoms with van der Waals surface area (Å²) in [4.78, 5) is 11.8. The molecule has 0 aliphatic rings. The van der Waals surface area contributed by atoms with Gasteiger partial charge in [0, 0.05) is 6.42 Å². The second-order valence-corrected chi connectivity index (χ2v) is 4.40. The molecule has 0 radical (unpaired) electrons. The minimum absolute atomic E-state index is 0.00631. The summed E-state index contributed by atoms with van der Waals surface area (Å²) in [5, 5.41) is 9.00. The van der Waals surface area contributed by atoms with Gasteiger partial charge in [-0.3, -0.25) is 4.79 Å². The Hall–Kier alpha value is -2.20. The molecule has 0 bridgehead atoms. The van der Waals surface area contributed by atoms with Crippen LogP contribution in [0.3, 0.4) is 0 Å². The number of halogens is 1. The van der Waals surface area contributed by atoms with Crippen LogP contribution in [0.5, 0.6) is 5.75 Å². The van der Waals surface area contributed by atoms with Crippen molar-refractivity contribution in [1.29, 1.82) is 0 Å². The Morgan fingerprint density at radius 3 is 2.70 bits per heavy atom. The summed E-state index contributed by atoms with van der Waals surface area (Å²) in [5.74, 6) is -0.0777. The molecule has 2 rings (SSSR count). The third kappa shape index (κ3) is 3.90. The molecule has 0 aromatic heterocycles. The van der Waals surface area contributed by atoms with Crippen LogP contribution in [0.1, 0.15) is 11.1 Å². The molecule has 0 saturated heterocycles. The first-order valence-corrected chi connectivity index (χ1v) is 6.27. The molecule has 2 aromatic rings. The lowest BCUT2D eigenvalue weighted by molar-refractivity contribution is -0.120. The lowest BCUT2D eigenvalue weighted by atomic mass is 10.1. The normalized spacial score (nSPS) is 10.3. The zero-order valence-corrected chi connectivity index (χ0v) is 10.9. The van der Waals surface area contributed by atoms with Gasteiger partial charge in [0.15, 0.2) is 5.78 Å². The number of aliphatic hydroxyl groups excluding tert-OH is 1. The van der Waals surface area contributed by atoms with E-state index in [2.05, 4.69) is 0 Å². The topological polar surface area (TPSA) is 46.5 Å². The van der Waals surface area contributed by atoms with E-state index < -0.39 is 0 Å². The van der Waals surface area contributed by atoms with Crippen LogP contribution in [0.25, 0.3) is 0 Å².